The standard InChI is InChI=1S/C12H13F3N6O3/c1-6-8(4-16-19(6)3)17-9(22)5-20-7(2)10(21(23)24)11(18-20)12(13,14)15/h4H,5H2,1-3H3,(H,17,22). The van der Waals surface area contributed by atoms with E-state index in [9.17, 15) is 28.1 Å². The maximum Gasteiger partial charge on any atom is 0.442 e. The van der Waals surface area contributed by atoms with Crippen molar-refractivity contribution in [3.63, 3.8) is 0 Å². The Balaban J connectivity index is 2.28. The van der Waals surface area contributed by atoms with Crippen LogP contribution < -0.4 is 5.32 Å². The molecule has 2 aromatic heterocycles. The first kappa shape index (κ1) is 17.4. The number of aryl methyl sites for hydroxylation is 1. The summed E-state index contributed by atoms with van der Waals surface area (Å²) in [5.74, 6) is -0.680. The lowest BCUT2D eigenvalue weighted by Crippen LogP contribution is -2.21. The van der Waals surface area contributed by atoms with E-state index in [2.05, 4.69) is 15.5 Å². The number of anilines is 1. The number of hydrogen-bond acceptors (Lipinski definition) is 5. The van der Waals surface area contributed by atoms with Gasteiger partial charge in [0.05, 0.1) is 22.5 Å². The Morgan fingerprint density at radius 3 is 2.42 bits per heavy atom. The summed E-state index contributed by atoms with van der Waals surface area (Å²) in [4.78, 5) is 21.7. The highest BCUT2D eigenvalue weighted by Crippen LogP contribution is 2.36. The summed E-state index contributed by atoms with van der Waals surface area (Å²) < 4.78 is 40.7. The minimum absolute atomic E-state index is 0.356. The van der Waals surface area contributed by atoms with E-state index in [1.54, 1.807) is 14.0 Å². The third-order valence-corrected chi connectivity index (χ3v) is 3.43. The van der Waals surface area contributed by atoms with Gasteiger partial charge in [-0.05, 0) is 13.8 Å². The van der Waals surface area contributed by atoms with Crippen LogP contribution in [0.4, 0.5) is 24.5 Å². The number of carbonyl (C=O) groups excluding carboxylic acids is 1. The summed E-state index contributed by atoms with van der Waals surface area (Å²) in [6.07, 6.45) is -3.61. The number of hydrogen-bond donors (Lipinski definition) is 1. The quantitative estimate of drug-likeness (QED) is 0.671. The topological polar surface area (TPSA) is 108 Å². The van der Waals surface area contributed by atoms with E-state index in [-0.39, 0.29) is 5.69 Å². The summed E-state index contributed by atoms with van der Waals surface area (Å²) in [6.45, 7) is 2.19. The number of rotatable bonds is 4. The van der Waals surface area contributed by atoms with Crippen LogP contribution in [0.25, 0.3) is 0 Å². The number of alkyl halides is 3. The Bertz CT molecular complexity index is 808. The molecule has 1 N–H and O–H groups in total. The molecule has 0 radical (unpaired) electrons. The fourth-order valence-corrected chi connectivity index (χ4v) is 2.05. The molecule has 130 valence electrons. The van der Waals surface area contributed by atoms with Crippen LogP contribution in [-0.4, -0.2) is 30.4 Å². The van der Waals surface area contributed by atoms with Crippen LogP contribution in [0.15, 0.2) is 6.20 Å². The van der Waals surface area contributed by atoms with Gasteiger partial charge in [0, 0.05) is 7.05 Å². The molecule has 2 heterocycles. The van der Waals surface area contributed by atoms with Crippen LogP contribution in [0.5, 0.6) is 0 Å². The van der Waals surface area contributed by atoms with Gasteiger partial charge in [0.1, 0.15) is 12.2 Å². The van der Waals surface area contributed by atoms with E-state index in [1.807, 2.05) is 0 Å². The summed E-state index contributed by atoms with van der Waals surface area (Å²) in [5, 5.41) is 20.4. The highest BCUT2D eigenvalue weighted by Gasteiger charge is 2.44. The van der Waals surface area contributed by atoms with Crippen LogP contribution in [0.3, 0.4) is 0 Å². The van der Waals surface area contributed by atoms with Crippen molar-refractivity contribution < 1.29 is 22.9 Å². The number of aromatic nitrogens is 4. The molecule has 0 bridgehead atoms. The predicted molar refractivity (Wildman–Crippen MR) is 75.2 cm³/mol. The molecule has 0 atom stereocenters. The molecule has 0 aliphatic carbocycles. The number of nitrogens with one attached hydrogen (secondary N) is 1. The highest BCUT2D eigenvalue weighted by molar-refractivity contribution is 5.91. The normalized spacial score (nSPS) is 11.6. The van der Waals surface area contributed by atoms with Crippen molar-refractivity contribution in [1.29, 1.82) is 0 Å². The highest BCUT2D eigenvalue weighted by atomic mass is 19.4. The Morgan fingerprint density at radius 1 is 1.38 bits per heavy atom. The molecule has 0 aliphatic heterocycles. The van der Waals surface area contributed by atoms with Crippen molar-refractivity contribution in [2.45, 2.75) is 26.6 Å². The summed E-state index contributed by atoms with van der Waals surface area (Å²) in [7, 11) is 1.65. The second-order valence-electron chi connectivity index (χ2n) is 5.01. The van der Waals surface area contributed by atoms with Crippen LogP contribution in [0, 0.1) is 24.0 Å². The minimum Gasteiger partial charge on any atom is -0.322 e. The first-order valence-electron chi connectivity index (χ1n) is 6.59. The maximum atomic E-state index is 12.9. The maximum absolute atomic E-state index is 12.9. The summed E-state index contributed by atoms with van der Waals surface area (Å²) >= 11 is 0. The van der Waals surface area contributed by atoms with Crippen LogP contribution in [-0.2, 0) is 24.6 Å². The molecule has 0 aromatic carbocycles. The first-order chi connectivity index (χ1) is 11.0. The molecule has 0 fully saturated rings. The fourth-order valence-electron chi connectivity index (χ4n) is 2.05. The molecule has 24 heavy (non-hydrogen) atoms. The van der Waals surface area contributed by atoms with Crippen molar-refractivity contribution in [3.8, 4) is 0 Å². The second kappa shape index (κ2) is 5.94. The molecule has 1 amide bonds. The van der Waals surface area contributed by atoms with Gasteiger partial charge in [-0.2, -0.15) is 23.4 Å². The first-order valence-corrected chi connectivity index (χ1v) is 6.59. The predicted octanol–water partition coefficient (Wildman–Crippen LogP) is 1.80. The number of carbonyl (C=O) groups is 1. The zero-order chi connectivity index (χ0) is 18.2. The zero-order valence-electron chi connectivity index (χ0n) is 12.9. The minimum atomic E-state index is -4.99. The van der Waals surface area contributed by atoms with E-state index in [0.717, 1.165) is 6.92 Å². The number of nitro groups is 1. The molecule has 0 unspecified atom stereocenters. The number of amides is 1. The van der Waals surface area contributed by atoms with Gasteiger partial charge in [-0.15, -0.1) is 0 Å². The van der Waals surface area contributed by atoms with E-state index < -0.39 is 34.9 Å². The van der Waals surface area contributed by atoms with E-state index >= 15 is 0 Å². The van der Waals surface area contributed by atoms with Crippen molar-refractivity contribution in [2.24, 2.45) is 7.05 Å². The van der Waals surface area contributed by atoms with Crippen molar-refractivity contribution >= 4 is 17.3 Å². The van der Waals surface area contributed by atoms with Gasteiger partial charge >= 0.3 is 11.9 Å². The van der Waals surface area contributed by atoms with Gasteiger partial charge in [-0.1, -0.05) is 0 Å². The second-order valence-corrected chi connectivity index (χ2v) is 5.01. The zero-order valence-corrected chi connectivity index (χ0v) is 12.9. The number of halogens is 3. The Labute approximate surface area is 133 Å². The number of nitrogens with zero attached hydrogens (tertiary/aromatic N) is 5. The van der Waals surface area contributed by atoms with Crippen LogP contribution in [0.1, 0.15) is 17.1 Å². The monoisotopic (exact) mass is 346 g/mol. The van der Waals surface area contributed by atoms with Crippen LogP contribution in [0.2, 0.25) is 0 Å². The third kappa shape index (κ3) is 3.21. The largest absolute Gasteiger partial charge is 0.442 e. The lowest BCUT2D eigenvalue weighted by Gasteiger charge is -2.06. The smallest absolute Gasteiger partial charge is 0.322 e. The lowest BCUT2D eigenvalue weighted by atomic mass is 10.3. The van der Waals surface area contributed by atoms with Gasteiger partial charge in [0.2, 0.25) is 11.6 Å². The summed E-state index contributed by atoms with van der Waals surface area (Å²) in [5.41, 5.74) is -2.12. The molecule has 0 aliphatic rings. The lowest BCUT2D eigenvalue weighted by molar-refractivity contribution is -0.388. The molecule has 0 saturated heterocycles. The average Bonchev–Trinajstić information content (AvgIpc) is 2.93. The van der Waals surface area contributed by atoms with Crippen molar-refractivity contribution in [1.82, 2.24) is 19.6 Å². The van der Waals surface area contributed by atoms with Gasteiger partial charge in [-0.25, -0.2) is 0 Å². The molecular weight excluding hydrogens is 333 g/mol. The molecule has 0 spiro atoms. The molecule has 2 aromatic rings. The van der Waals surface area contributed by atoms with E-state index in [1.165, 1.54) is 10.9 Å². The van der Waals surface area contributed by atoms with Gasteiger partial charge < -0.3 is 5.32 Å². The van der Waals surface area contributed by atoms with E-state index in [4.69, 9.17) is 0 Å². The van der Waals surface area contributed by atoms with Gasteiger partial charge in [0.25, 0.3) is 0 Å². The molecule has 0 saturated carbocycles. The van der Waals surface area contributed by atoms with Crippen molar-refractivity contribution in [3.05, 3.63) is 33.4 Å². The van der Waals surface area contributed by atoms with Gasteiger partial charge in [-0.3, -0.25) is 24.3 Å². The summed E-state index contributed by atoms with van der Waals surface area (Å²) in [6, 6.07) is 0. The van der Waals surface area contributed by atoms with Crippen LogP contribution >= 0.6 is 0 Å². The van der Waals surface area contributed by atoms with E-state index in [0.29, 0.717) is 16.1 Å². The average molecular weight is 346 g/mol. The Hall–Kier alpha value is -2.92. The molecular formula is C12H13F3N6O3. The molecule has 9 nitrogen and oxygen atoms in total. The third-order valence-electron chi connectivity index (χ3n) is 3.43. The Kier molecular flexibility index (Phi) is 4.32. The SMILES string of the molecule is Cc1c(NC(=O)Cn2nc(C(F)(F)F)c([N+](=O)[O-])c2C)cnn1C. The fraction of sp³-hybridized carbons (Fsp3) is 0.417. The Morgan fingerprint density at radius 2 is 2.00 bits per heavy atom. The van der Waals surface area contributed by atoms with Crippen molar-refractivity contribution in [2.75, 3.05) is 5.32 Å². The van der Waals surface area contributed by atoms with Gasteiger partial charge in [0.15, 0.2) is 0 Å². The molecule has 12 heteroatoms. The molecule has 2 rings (SSSR count).